The molecule has 4 rings (SSSR count). The molecule has 2 aromatic rings. The molecule has 0 N–H and O–H groups in total. The molecule has 0 saturated carbocycles. The Kier molecular flexibility index (Phi) is 6.70. The summed E-state index contributed by atoms with van der Waals surface area (Å²) < 4.78 is 10.7. The largest absolute Gasteiger partial charge is 0.493 e. The lowest BCUT2D eigenvalue weighted by atomic mass is 10.1. The van der Waals surface area contributed by atoms with Crippen molar-refractivity contribution in [2.45, 2.75) is 20.4 Å². The number of hydrogen-bond acceptors (Lipinski definition) is 6. The lowest BCUT2D eigenvalue weighted by Gasteiger charge is -2.36. The molecule has 0 spiro atoms. The fourth-order valence-corrected chi connectivity index (χ4v) is 4.48. The Morgan fingerprint density at radius 1 is 0.970 bits per heavy atom. The van der Waals surface area contributed by atoms with E-state index in [1.165, 1.54) is 10.5 Å². The fourth-order valence-electron chi connectivity index (χ4n) is 4.48. The van der Waals surface area contributed by atoms with Crippen molar-refractivity contribution in [3.63, 3.8) is 0 Å². The number of imide groups is 1. The first-order chi connectivity index (χ1) is 16.0. The Bertz CT molecular complexity index is 1090. The summed E-state index contributed by atoms with van der Waals surface area (Å²) in [6.07, 6.45) is 2.15. The molecule has 0 aromatic heterocycles. The van der Waals surface area contributed by atoms with Gasteiger partial charge in [-0.15, -0.1) is 0 Å². The van der Waals surface area contributed by atoms with E-state index in [1.807, 2.05) is 18.2 Å². The first kappa shape index (κ1) is 22.9. The predicted octanol–water partition coefficient (Wildman–Crippen LogP) is 3.59. The van der Waals surface area contributed by atoms with Crippen LogP contribution in [0, 0.1) is 0 Å². The van der Waals surface area contributed by atoms with Crippen molar-refractivity contribution in [3.05, 3.63) is 64.7 Å². The third kappa shape index (κ3) is 4.46. The molecule has 0 atom stereocenters. The Hall–Kier alpha value is -3.32. The Morgan fingerprint density at radius 3 is 2.36 bits per heavy atom. The fraction of sp³-hybridized carbons (Fsp3) is 0.385. The second-order valence-electron chi connectivity index (χ2n) is 8.48. The van der Waals surface area contributed by atoms with Crippen LogP contribution < -0.4 is 14.4 Å². The van der Waals surface area contributed by atoms with Gasteiger partial charge in [0.25, 0.3) is 11.8 Å². The van der Waals surface area contributed by atoms with Crippen molar-refractivity contribution in [1.82, 2.24) is 9.80 Å². The molecule has 2 amide bonds. The van der Waals surface area contributed by atoms with E-state index < -0.39 is 0 Å². The van der Waals surface area contributed by atoms with Gasteiger partial charge in [0.1, 0.15) is 0 Å². The number of rotatable bonds is 7. The van der Waals surface area contributed by atoms with Crippen molar-refractivity contribution in [1.29, 1.82) is 0 Å². The van der Waals surface area contributed by atoms with Crippen LogP contribution in [0.2, 0.25) is 0 Å². The Labute approximate surface area is 195 Å². The molecule has 0 radical (unpaired) electrons. The minimum absolute atomic E-state index is 0.183. The summed E-state index contributed by atoms with van der Waals surface area (Å²) in [7, 11) is 3.14. The maximum absolute atomic E-state index is 13.4. The monoisotopic (exact) mass is 449 g/mol. The lowest BCUT2D eigenvalue weighted by Crippen LogP contribution is -2.47. The molecule has 7 heteroatoms. The van der Waals surface area contributed by atoms with Gasteiger partial charge in [-0.05, 0) is 43.7 Å². The summed E-state index contributed by atoms with van der Waals surface area (Å²) >= 11 is 0. The van der Waals surface area contributed by atoms with Crippen LogP contribution in [0.15, 0.2) is 48.0 Å². The SMILES string of the molecule is C/C=C(\C)CN1CCN(c2cccc3c2C(=O)N(Cc2ccc(OC)c(OC)c2)C3=O)CC1. The summed E-state index contributed by atoms with van der Waals surface area (Å²) in [4.78, 5) is 32.5. The van der Waals surface area contributed by atoms with Crippen LogP contribution in [-0.2, 0) is 6.54 Å². The smallest absolute Gasteiger partial charge is 0.263 e. The first-order valence-electron chi connectivity index (χ1n) is 11.3. The molecule has 0 aliphatic carbocycles. The number of piperazine rings is 1. The standard InChI is InChI=1S/C26H31N3O4/c1-5-18(2)16-27-11-13-28(14-12-27)21-8-6-7-20-24(21)26(31)29(25(20)30)17-19-9-10-22(32-3)23(15-19)33-4/h5-10,15H,11-14,16-17H2,1-4H3/b18-5+. The molecular formula is C26H31N3O4. The van der Waals surface area contributed by atoms with Crippen molar-refractivity contribution in [2.24, 2.45) is 0 Å². The number of anilines is 1. The first-order valence-corrected chi connectivity index (χ1v) is 11.3. The number of carbonyl (C=O) groups excluding carboxylic acids is 2. The van der Waals surface area contributed by atoms with Crippen molar-refractivity contribution >= 4 is 17.5 Å². The average Bonchev–Trinajstić information content (AvgIpc) is 3.09. The molecule has 0 bridgehead atoms. The third-order valence-electron chi connectivity index (χ3n) is 6.44. The highest BCUT2D eigenvalue weighted by Crippen LogP contribution is 2.34. The van der Waals surface area contributed by atoms with Gasteiger partial charge in [-0.25, -0.2) is 0 Å². The summed E-state index contributed by atoms with van der Waals surface area (Å²) in [5.41, 5.74) is 4.00. The summed E-state index contributed by atoms with van der Waals surface area (Å²) in [5.74, 6) is 0.675. The van der Waals surface area contributed by atoms with E-state index in [-0.39, 0.29) is 18.4 Å². The molecule has 33 heavy (non-hydrogen) atoms. The lowest BCUT2D eigenvalue weighted by molar-refractivity contribution is 0.0642. The Balaban J connectivity index is 1.53. The number of carbonyl (C=O) groups is 2. The van der Waals surface area contributed by atoms with Crippen LogP contribution in [-0.4, -0.2) is 68.6 Å². The van der Waals surface area contributed by atoms with Crippen LogP contribution in [0.5, 0.6) is 11.5 Å². The van der Waals surface area contributed by atoms with E-state index >= 15 is 0 Å². The summed E-state index contributed by atoms with van der Waals surface area (Å²) in [5, 5.41) is 0. The number of benzene rings is 2. The maximum atomic E-state index is 13.4. The normalized spacial score (nSPS) is 16.9. The molecule has 7 nitrogen and oxygen atoms in total. The van der Waals surface area contributed by atoms with Gasteiger partial charge < -0.3 is 14.4 Å². The van der Waals surface area contributed by atoms with Gasteiger partial charge in [0, 0.05) is 32.7 Å². The van der Waals surface area contributed by atoms with Crippen LogP contribution in [0.25, 0.3) is 0 Å². The summed E-state index contributed by atoms with van der Waals surface area (Å²) in [6.45, 7) is 8.85. The minimum Gasteiger partial charge on any atom is -0.493 e. The number of hydrogen-bond donors (Lipinski definition) is 0. The number of methoxy groups -OCH3 is 2. The molecule has 1 fully saturated rings. The number of ether oxygens (including phenoxy) is 2. The maximum Gasteiger partial charge on any atom is 0.263 e. The topological polar surface area (TPSA) is 62.3 Å². The van der Waals surface area contributed by atoms with Gasteiger partial charge in [-0.3, -0.25) is 19.4 Å². The number of allylic oxidation sites excluding steroid dienone is 1. The van der Waals surface area contributed by atoms with Crippen LogP contribution in [0.4, 0.5) is 5.69 Å². The molecule has 1 saturated heterocycles. The highest BCUT2D eigenvalue weighted by atomic mass is 16.5. The zero-order valence-electron chi connectivity index (χ0n) is 19.8. The molecule has 2 aliphatic heterocycles. The van der Waals surface area contributed by atoms with Crippen LogP contribution >= 0.6 is 0 Å². The average molecular weight is 450 g/mol. The molecule has 2 aromatic carbocycles. The molecule has 0 unspecified atom stereocenters. The second kappa shape index (κ2) is 9.67. The molecule has 2 heterocycles. The summed E-state index contributed by atoms with van der Waals surface area (Å²) in [6, 6.07) is 11.0. The third-order valence-corrected chi connectivity index (χ3v) is 6.44. The van der Waals surface area contributed by atoms with E-state index in [2.05, 4.69) is 29.7 Å². The van der Waals surface area contributed by atoms with Crippen molar-refractivity contribution in [2.75, 3.05) is 51.8 Å². The van der Waals surface area contributed by atoms with E-state index in [4.69, 9.17) is 9.47 Å². The highest BCUT2D eigenvalue weighted by molar-refractivity contribution is 6.23. The zero-order chi connectivity index (χ0) is 23.5. The number of amides is 2. The quantitative estimate of drug-likeness (QED) is 0.476. The van der Waals surface area contributed by atoms with Gasteiger partial charge in [-0.2, -0.15) is 0 Å². The van der Waals surface area contributed by atoms with Gasteiger partial charge >= 0.3 is 0 Å². The van der Waals surface area contributed by atoms with Crippen LogP contribution in [0.1, 0.15) is 40.1 Å². The van der Waals surface area contributed by atoms with E-state index in [0.29, 0.717) is 22.6 Å². The minimum atomic E-state index is -0.256. The Morgan fingerprint density at radius 2 is 1.70 bits per heavy atom. The van der Waals surface area contributed by atoms with E-state index in [1.54, 1.807) is 32.4 Å². The predicted molar refractivity (Wildman–Crippen MR) is 128 cm³/mol. The number of nitrogens with zero attached hydrogens (tertiary/aromatic N) is 3. The van der Waals surface area contributed by atoms with Gasteiger partial charge in [0.15, 0.2) is 11.5 Å². The number of fused-ring (bicyclic) bond motifs is 1. The van der Waals surface area contributed by atoms with E-state index in [0.717, 1.165) is 44.0 Å². The zero-order valence-corrected chi connectivity index (χ0v) is 19.8. The molecule has 2 aliphatic rings. The molecule has 174 valence electrons. The van der Waals surface area contributed by atoms with Gasteiger partial charge in [-0.1, -0.05) is 23.8 Å². The van der Waals surface area contributed by atoms with Crippen LogP contribution in [0.3, 0.4) is 0 Å². The second-order valence-corrected chi connectivity index (χ2v) is 8.48. The van der Waals surface area contributed by atoms with E-state index in [9.17, 15) is 9.59 Å². The molecular weight excluding hydrogens is 418 g/mol. The van der Waals surface area contributed by atoms with Crippen molar-refractivity contribution in [3.8, 4) is 11.5 Å². The van der Waals surface area contributed by atoms with Crippen molar-refractivity contribution < 1.29 is 19.1 Å². The van der Waals surface area contributed by atoms with Gasteiger partial charge in [0.2, 0.25) is 0 Å². The highest BCUT2D eigenvalue weighted by Gasteiger charge is 2.38. The van der Waals surface area contributed by atoms with Gasteiger partial charge in [0.05, 0.1) is 37.6 Å².